The lowest BCUT2D eigenvalue weighted by molar-refractivity contribution is -0.140. The van der Waals surface area contributed by atoms with Crippen LogP contribution in [-0.2, 0) is 9.59 Å². The van der Waals surface area contributed by atoms with Crippen molar-refractivity contribution in [1.29, 1.82) is 0 Å². The second kappa shape index (κ2) is 10.4. The number of piperazine rings is 1. The van der Waals surface area contributed by atoms with E-state index in [1.807, 2.05) is 12.1 Å². The molecule has 0 unspecified atom stereocenters. The Kier molecular flexibility index (Phi) is 7.10. The predicted molar refractivity (Wildman–Crippen MR) is 138 cm³/mol. The molecule has 5 rings (SSSR count). The van der Waals surface area contributed by atoms with Gasteiger partial charge in [0.25, 0.3) is 5.91 Å². The van der Waals surface area contributed by atoms with E-state index in [1.54, 1.807) is 4.90 Å². The summed E-state index contributed by atoms with van der Waals surface area (Å²) in [6, 6.07) is 20.6. The van der Waals surface area contributed by atoms with Gasteiger partial charge in [0.1, 0.15) is 12.1 Å². The number of nitrogens with one attached hydrogen (secondary N) is 1. The third-order valence-corrected chi connectivity index (χ3v) is 8.34. The predicted octanol–water partition coefficient (Wildman–Crippen LogP) is 3.81. The van der Waals surface area contributed by atoms with Gasteiger partial charge in [0, 0.05) is 26.2 Å². The molecule has 36 heavy (non-hydrogen) atoms. The minimum absolute atomic E-state index is 0.119. The standard InChI is InChI=1S/C29H36N4O3/c1-2-22-13-15-29(16-14-22)27(35)33(28(36)30-29)21-25(34)31-17-19-32(20-18-31)26(23-9-5-3-6-10-23)24-11-7-4-8-12-24/h3-12,22,26H,2,13-21H2,1H3,(H,30,36). The van der Waals surface area contributed by atoms with E-state index < -0.39 is 11.6 Å². The molecule has 0 radical (unpaired) electrons. The van der Waals surface area contributed by atoms with Crippen LogP contribution in [0.5, 0.6) is 0 Å². The van der Waals surface area contributed by atoms with E-state index in [0.29, 0.717) is 31.8 Å². The van der Waals surface area contributed by atoms with E-state index >= 15 is 0 Å². The fourth-order valence-corrected chi connectivity index (χ4v) is 6.09. The summed E-state index contributed by atoms with van der Waals surface area (Å²) >= 11 is 0. The molecule has 2 aromatic rings. The zero-order valence-corrected chi connectivity index (χ0v) is 21.1. The number of benzene rings is 2. The van der Waals surface area contributed by atoms with Crippen LogP contribution in [-0.4, -0.2) is 70.8 Å². The fourth-order valence-electron chi connectivity index (χ4n) is 6.09. The highest BCUT2D eigenvalue weighted by atomic mass is 16.2. The van der Waals surface area contributed by atoms with E-state index in [1.165, 1.54) is 11.1 Å². The van der Waals surface area contributed by atoms with Gasteiger partial charge in [-0.15, -0.1) is 0 Å². The molecule has 0 bridgehead atoms. The third kappa shape index (κ3) is 4.76. The van der Waals surface area contributed by atoms with E-state index in [4.69, 9.17) is 0 Å². The molecule has 3 fully saturated rings. The molecule has 1 N–H and O–H groups in total. The Morgan fingerprint density at radius 1 is 0.917 bits per heavy atom. The van der Waals surface area contributed by atoms with Crippen LogP contribution in [0.25, 0.3) is 0 Å². The third-order valence-electron chi connectivity index (χ3n) is 8.34. The Morgan fingerprint density at radius 2 is 1.47 bits per heavy atom. The van der Waals surface area contributed by atoms with Crippen molar-refractivity contribution >= 4 is 17.8 Å². The fraction of sp³-hybridized carbons (Fsp3) is 0.483. The highest BCUT2D eigenvalue weighted by Gasteiger charge is 2.52. The first-order chi connectivity index (χ1) is 17.5. The molecule has 3 aliphatic rings. The van der Waals surface area contributed by atoms with Gasteiger partial charge in [0.05, 0.1) is 6.04 Å². The summed E-state index contributed by atoms with van der Waals surface area (Å²) in [5.41, 5.74) is 1.65. The molecule has 190 valence electrons. The Balaban J connectivity index is 1.21. The number of urea groups is 1. The summed E-state index contributed by atoms with van der Waals surface area (Å²) in [5.74, 6) is 0.235. The Morgan fingerprint density at radius 3 is 2.00 bits per heavy atom. The van der Waals surface area contributed by atoms with Crippen LogP contribution in [0.3, 0.4) is 0 Å². The van der Waals surface area contributed by atoms with Crippen LogP contribution in [0.4, 0.5) is 4.79 Å². The lowest BCUT2D eigenvalue weighted by Crippen LogP contribution is -2.53. The average molecular weight is 489 g/mol. The number of carbonyl (C=O) groups excluding carboxylic acids is 3. The first-order valence-electron chi connectivity index (χ1n) is 13.3. The maximum absolute atomic E-state index is 13.2. The summed E-state index contributed by atoms with van der Waals surface area (Å²) in [6.07, 6.45) is 4.31. The van der Waals surface area contributed by atoms with Gasteiger partial charge in [0.2, 0.25) is 5.91 Å². The summed E-state index contributed by atoms with van der Waals surface area (Å²) in [5, 5.41) is 2.94. The SMILES string of the molecule is CCC1CCC2(CC1)NC(=O)N(CC(=O)N1CCN(C(c3ccccc3)c3ccccc3)CC1)C2=O. The Hall–Kier alpha value is -3.19. The van der Waals surface area contributed by atoms with Crippen LogP contribution in [0.2, 0.25) is 0 Å². The highest BCUT2D eigenvalue weighted by molar-refractivity contribution is 6.09. The van der Waals surface area contributed by atoms with Crippen molar-refractivity contribution in [3.8, 4) is 0 Å². The van der Waals surface area contributed by atoms with Gasteiger partial charge < -0.3 is 10.2 Å². The van der Waals surface area contributed by atoms with Crippen molar-refractivity contribution in [2.45, 2.75) is 50.6 Å². The zero-order chi connectivity index (χ0) is 25.1. The summed E-state index contributed by atoms with van der Waals surface area (Å²) in [6.45, 7) is 4.59. The van der Waals surface area contributed by atoms with Gasteiger partial charge in [-0.2, -0.15) is 0 Å². The van der Waals surface area contributed by atoms with Crippen LogP contribution in [0.1, 0.15) is 56.2 Å². The van der Waals surface area contributed by atoms with Crippen molar-refractivity contribution in [2.24, 2.45) is 5.92 Å². The van der Waals surface area contributed by atoms with Crippen LogP contribution < -0.4 is 5.32 Å². The average Bonchev–Trinajstić information content (AvgIpc) is 3.14. The minimum atomic E-state index is -0.805. The number of carbonyl (C=O) groups is 3. The van der Waals surface area contributed by atoms with Gasteiger partial charge in [-0.25, -0.2) is 4.79 Å². The largest absolute Gasteiger partial charge is 0.339 e. The van der Waals surface area contributed by atoms with Gasteiger partial charge in [0.15, 0.2) is 0 Å². The Bertz CT molecular complexity index is 1030. The maximum Gasteiger partial charge on any atom is 0.325 e. The summed E-state index contributed by atoms with van der Waals surface area (Å²) in [4.78, 5) is 44.4. The second-order valence-electron chi connectivity index (χ2n) is 10.4. The van der Waals surface area contributed by atoms with Crippen LogP contribution in [0, 0.1) is 5.92 Å². The topological polar surface area (TPSA) is 73.0 Å². The maximum atomic E-state index is 13.2. The van der Waals surface area contributed by atoms with Crippen molar-refractivity contribution in [2.75, 3.05) is 32.7 Å². The zero-order valence-electron chi connectivity index (χ0n) is 21.1. The van der Waals surface area contributed by atoms with Gasteiger partial charge >= 0.3 is 6.03 Å². The van der Waals surface area contributed by atoms with Gasteiger partial charge in [-0.3, -0.25) is 19.4 Å². The molecule has 1 spiro atoms. The minimum Gasteiger partial charge on any atom is -0.339 e. The molecular formula is C29H36N4O3. The summed E-state index contributed by atoms with van der Waals surface area (Å²) < 4.78 is 0. The molecule has 7 nitrogen and oxygen atoms in total. The lowest BCUT2D eigenvalue weighted by Gasteiger charge is -2.40. The van der Waals surface area contributed by atoms with Crippen LogP contribution >= 0.6 is 0 Å². The van der Waals surface area contributed by atoms with Crippen LogP contribution in [0.15, 0.2) is 60.7 Å². The Labute approximate surface area is 213 Å². The van der Waals surface area contributed by atoms with E-state index in [-0.39, 0.29) is 24.4 Å². The molecule has 2 aromatic carbocycles. The lowest BCUT2D eigenvalue weighted by atomic mass is 9.75. The molecular weight excluding hydrogens is 452 g/mol. The quantitative estimate of drug-likeness (QED) is 0.628. The van der Waals surface area contributed by atoms with Crippen molar-refractivity contribution < 1.29 is 14.4 Å². The van der Waals surface area contributed by atoms with Crippen molar-refractivity contribution in [3.05, 3.63) is 71.8 Å². The smallest absolute Gasteiger partial charge is 0.325 e. The van der Waals surface area contributed by atoms with Crippen molar-refractivity contribution in [3.63, 3.8) is 0 Å². The highest BCUT2D eigenvalue weighted by Crippen LogP contribution is 2.37. The van der Waals surface area contributed by atoms with Crippen molar-refractivity contribution in [1.82, 2.24) is 20.0 Å². The monoisotopic (exact) mass is 488 g/mol. The van der Waals surface area contributed by atoms with E-state index in [0.717, 1.165) is 37.3 Å². The first-order valence-corrected chi connectivity index (χ1v) is 13.3. The molecule has 0 atom stereocenters. The normalized spacial score (nSPS) is 25.0. The first kappa shape index (κ1) is 24.5. The molecule has 2 saturated heterocycles. The molecule has 4 amide bonds. The second-order valence-corrected chi connectivity index (χ2v) is 10.4. The number of hydrogen-bond acceptors (Lipinski definition) is 4. The number of rotatable bonds is 6. The molecule has 2 aliphatic heterocycles. The number of nitrogens with zero attached hydrogens (tertiary/aromatic N) is 3. The van der Waals surface area contributed by atoms with E-state index in [9.17, 15) is 14.4 Å². The molecule has 1 saturated carbocycles. The number of amides is 4. The molecule has 7 heteroatoms. The number of hydrogen-bond donors (Lipinski definition) is 1. The molecule has 1 aliphatic carbocycles. The molecule has 2 heterocycles. The van der Waals surface area contributed by atoms with Gasteiger partial charge in [-0.1, -0.05) is 74.0 Å². The molecule has 0 aromatic heterocycles. The number of imide groups is 1. The van der Waals surface area contributed by atoms with Gasteiger partial charge in [-0.05, 0) is 42.7 Å². The summed E-state index contributed by atoms with van der Waals surface area (Å²) in [7, 11) is 0. The van der Waals surface area contributed by atoms with E-state index in [2.05, 4.69) is 65.7 Å².